The number of carbonyl (C=O) groups is 2. The van der Waals surface area contributed by atoms with E-state index in [1.807, 2.05) is 36.4 Å². The van der Waals surface area contributed by atoms with Crippen LogP contribution in [0.3, 0.4) is 0 Å². The molecule has 1 amide bonds. The lowest BCUT2D eigenvalue weighted by Gasteiger charge is -2.21. The lowest BCUT2D eigenvalue weighted by molar-refractivity contribution is -0.146. The fourth-order valence-electron chi connectivity index (χ4n) is 2.17. The van der Waals surface area contributed by atoms with Gasteiger partial charge >= 0.3 is 5.97 Å². The van der Waals surface area contributed by atoms with Crippen molar-refractivity contribution in [3.05, 3.63) is 59.1 Å². The molecule has 0 heterocycles. The van der Waals surface area contributed by atoms with Gasteiger partial charge in [-0.25, -0.2) is 0 Å². The number of halogens is 1. The molecule has 0 fully saturated rings. The van der Waals surface area contributed by atoms with Gasteiger partial charge in [0.2, 0.25) is 5.91 Å². The first-order chi connectivity index (χ1) is 12.5. The Morgan fingerprint density at radius 1 is 1.04 bits per heavy atom. The van der Waals surface area contributed by atoms with Gasteiger partial charge < -0.3 is 14.4 Å². The number of ether oxygens (including phenoxy) is 2. The number of nitrogens with zero attached hydrogens (tertiary/aromatic N) is 1. The largest absolute Gasteiger partial charge is 0.497 e. The highest BCUT2D eigenvalue weighted by Gasteiger charge is 2.18. The molecular formula is C19H20ClNO4S. The highest BCUT2D eigenvalue weighted by atomic mass is 35.5. The highest BCUT2D eigenvalue weighted by molar-refractivity contribution is 8.00. The molecule has 0 atom stereocenters. The highest BCUT2D eigenvalue weighted by Crippen LogP contribution is 2.22. The summed E-state index contributed by atoms with van der Waals surface area (Å²) in [7, 11) is 2.91. The molecule has 0 saturated carbocycles. The van der Waals surface area contributed by atoms with Crippen molar-refractivity contribution in [3.8, 4) is 5.75 Å². The van der Waals surface area contributed by atoms with Crippen LogP contribution >= 0.6 is 23.4 Å². The Hall–Kier alpha value is -2.18. The molecule has 0 aliphatic heterocycles. The topological polar surface area (TPSA) is 55.8 Å². The Morgan fingerprint density at radius 2 is 1.69 bits per heavy atom. The molecule has 138 valence electrons. The van der Waals surface area contributed by atoms with Gasteiger partial charge in [0.1, 0.15) is 12.3 Å². The normalized spacial score (nSPS) is 10.3. The van der Waals surface area contributed by atoms with Crippen molar-refractivity contribution in [2.24, 2.45) is 0 Å². The average Bonchev–Trinajstić information content (AvgIpc) is 2.67. The van der Waals surface area contributed by atoms with Crippen molar-refractivity contribution >= 4 is 35.2 Å². The second kappa shape index (κ2) is 10.1. The number of rotatable bonds is 8. The number of thioether (sulfide) groups is 1. The summed E-state index contributed by atoms with van der Waals surface area (Å²) in [4.78, 5) is 26.7. The van der Waals surface area contributed by atoms with E-state index in [2.05, 4.69) is 0 Å². The standard InChI is InChI=1S/C19H20ClNO4S/c1-24-16-7-9-17(10-8-16)26-13-18(22)21(12-19(23)25-2)11-14-3-5-15(20)6-4-14/h3-10H,11-13H2,1-2H3. The van der Waals surface area contributed by atoms with Crippen molar-refractivity contribution in [1.29, 1.82) is 0 Å². The van der Waals surface area contributed by atoms with Crippen LogP contribution in [0, 0.1) is 0 Å². The van der Waals surface area contributed by atoms with E-state index < -0.39 is 5.97 Å². The van der Waals surface area contributed by atoms with E-state index in [9.17, 15) is 9.59 Å². The smallest absolute Gasteiger partial charge is 0.325 e. The van der Waals surface area contributed by atoms with Gasteiger partial charge in [-0.15, -0.1) is 11.8 Å². The van der Waals surface area contributed by atoms with Crippen molar-refractivity contribution in [3.63, 3.8) is 0 Å². The maximum absolute atomic E-state index is 12.6. The third kappa shape index (κ3) is 6.28. The fraction of sp³-hybridized carbons (Fsp3) is 0.263. The van der Waals surface area contributed by atoms with Gasteiger partial charge in [0.25, 0.3) is 0 Å². The van der Waals surface area contributed by atoms with Crippen LogP contribution in [-0.4, -0.2) is 43.3 Å². The van der Waals surface area contributed by atoms with Crippen molar-refractivity contribution in [1.82, 2.24) is 4.90 Å². The van der Waals surface area contributed by atoms with Crippen molar-refractivity contribution in [2.75, 3.05) is 26.5 Å². The van der Waals surface area contributed by atoms with Gasteiger partial charge in [-0.3, -0.25) is 9.59 Å². The quantitative estimate of drug-likeness (QED) is 0.506. The number of hydrogen-bond donors (Lipinski definition) is 0. The Morgan fingerprint density at radius 3 is 2.27 bits per heavy atom. The summed E-state index contributed by atoms with van der Waals surface area (Å²) in [6.45, 7) is 0.218. The summed E-state index contributed by atoms with van der Waals surface area (Å²) in [6.07, 6.45) is 0. The van der Waals surface area contributed by atoms with Crippen LogP contribution in [0.15, 0.2) is 53.4 Å². The molecule has 0 aliphatic carbocycles. The molecule has 0 aromatic heterocycles. The van der Waals surface area contributed by atoms with E-state index in [1.165, 1.54) is 23.8 Å². The minimum atomic E-state index is -0.457. The first-order valence-corrected chi connectivity index (χ1v) is 9.24. The van der Waals surface area contributed by atoms with E-state index in [4.69, 9.17) is 21.1 Å². The van der Waals surface area contributed by atoms with Crippen LogP contribution < -0.4 is 4.74 Å². The Bertz CT molecular complexity index is 734. The average molecular weight is 394 g/mol. The Labute approximate surface area is 162 Å². The summed E-state index contributed by atoms with van der Waals surface area (Å²) < 4.78 is 9.82. The van der Waals surface area contributed by atoms with Gasteiger partial charge in [0, 0.05) is 16.5 Å². The number of methoxy groups -OCH3 is 2. The first kappa shape index (κ1) is 20.1. The second-order valence-electron chi connectivity index (χ2n) is 5.42. The third-order valence-electron chi connectivity index (χ3n) is 3.61. The van der Waals surface area contributed by atoms with E-state index in [1.54, 1.807) is 19.2 Å². The van der Waals surface area contributed by atoms with E-state index in [-0.39, 0.29) is 18.2 Å². The van der Waals surface area contributed by atoms with Crippen LogP contribution in [0.25, 0.3) is 0 Å². The number of amides is 1. The predicted octanol–water partition coefficient (Wildman–Crippen LogP) is 3.64. The minimum absolute atomic E-state index is 0.0961. The number of benzene rings is 2. The number of hydrogen-bond acceptors (Lipinski definition) is 5. The molecule has 2 rings (SSSR count). The fourth-order valence-corrected chi connectivity index (χ4v) is 3.10. The molecule has 0 aliphatic rings. The van der Waals surface area contributed by atoms with E-state index >= 15 is 0 Å². The van der Waals surface area contributed by atoms with Crippen LogP contribution in [-0.2, 0) is 20.9 Å². The zero-order valence-electron chi connectivity index (χ0n) is 14.6. The molecule has 26 heavy (non-hydrogen) atoms. The monoisotopic (exact) mass is 393 g/mol. The summed E-state index contributed by atoms with van der Waals surface area (Å²) >= 11 is 7.29. The molecule has 7 heteroatoms. The molecule has 0 saturated heterocycles. The summed E-state index contributed by atoms with van der Waals surface area (Å²) in [5.74, 6) is 0.375. The maximum atomic E-state index is 12.6. The zero-order valence-corrected chi connectivity index (χ0v) is 16.2. The molecule has 5 nitrogen and oxygen atoms in total. The van der Waals surface area contributed by atoms with Crippen LogP contribution in [0.1, 0.15) is 5.56 Å². The molecular weight excluding hydrogens is 374 g/mol. The number of carbonyl (C=O) groups excluding carboxylic acids is 2. The molecule has 2 aromatic carbocycles. The van der Waals surface area contributed by atoms with Gasteiger partial charge in [0.05, 0.1) is 20.0 Å². The third-order valence-corrected chi connectivity index (χ3v) is 4.86. The van der Waals surface area contributed by atoms with Gasteiger partial charge in [0.15, 0.2) is 0 Å². The van der Waals surface area contributed by atoms with Crippen LogP contribution in [0.2, 0.25) is 5.02 Å². The van der Waals surface area contributed by atoms with Crippen molar-refractivity contribution < 1.29 is 19.1 Å². The second-order valence-corrected chi connectivity index (χ2v) is 6.90. The van der Waals surface area contributed by atoms with Crippen molar-refractivity contribution in [2.45, 2.75) is 11.4 Å². The van der Waals surface area contributed by atoms with Crippen LogP contribution in [0.4, 0.5) is 0 Å². The summed E-state index contributed by atoms with van der Waals surface area (Å²) in [5.41, 5.74) is 0.890. The lowest BCUT2D eigenvalue weighted by atomic mass is 10.2. The Kier molecular flexibility index (Phi) is 7.81. The van der Waals surface area contributed by atoms with Gasteiger partial charge in [-0.2, -0.15) is 0 Å². The Balaban J connectivity index is 2.01. The van der Waals surface area contributed by atoms with Crippen LogP contribution in [0.5, 0.6) is 5.75 Å². The number of esters is 1. The molecule has 0 spiro atoms. The van der Waals surface area contributed by atoms with Gasteiger partial charge in [-0.1, -0.05) is 23.7 Å². The maximum Gasteiger partial charge on any atom is 0.325 e. The van der Waals surface area contributed by atoms with E-state index in [0.29, 0.717) is 11.6 Å². The lowest BCUT2D eigenvalue weighted by Crippen LogP contribution is -2.36. The molecule has 0 N–H and O–H groups in total. The summed E-state index contributed by atoms with van der Waals surface area (Å²) in [5, 5.41) is 0.620. The minimum Gasteiger partial charge on any atom is -0.497 e. The molecule has 2 aromatic rings. The molecule has 0 radical (unpaired) electrons. The molecule has 0 unspecified atom stereocenters. The SMILES string of the molecule is COC(=O)CN(Cc1ccc(Cl)cc1)C(=O)CSc1ccc(OC)cc1. The molecule has 0 bridgehead atoms. The van der Waals surface area contributed by atoms with Gasteiger partial charge in [-0.05, 0) is 42.0 Å². The van der Waals surface area contributed by atoms with E-state index in [0.717, 1.165) is 16.2 Å². The summed E-state index contributed by atoms with van der Waals surface area (Å²) in [6, 6.07) is 14.6. The zero-order chi connectivity index (χ0) is 18.9. The first-order valence-electron chi connectivity index (χ1n) is 7.87. The predicted molar refractivity (Wildman–Crippen MR) is 103 cm³/mol.